The number of carbonyl (C=O) groups is 1. The van der Waals surface area contributed by atoms with Gasteiger partial charge < -0.3 is 25.7 Å². The fraction of sp³-hybridized carbons (Fsp3) is 0.278. The summed E-state index contributed by atoms with van der Waals surface area (Å²) in [5.74, 6) is -0.397. The molecule has 0 fully saturated rings. The molecule has 1 atom stereocenters. The first kappa shape index (κ1) is 24.0. The van der Waals surface area contributed by atoms with Gasteiger partial charge in [-0.15, -0.1) is 13.2 Å². The summed E-state index contributed by atoms with van der Waals surface area (Å²) >= 11 is 17.9. The van der Waals surface area contributed by atoms with E-state index >= 15 is 0 Å². The molecule has 0 saturated heterocycles. The lowest BCUT2D eigenvalue weighted by Gasteiger charge is -2.26. The van der Waals surface area contributed by atoms with Crippen LogP contribution in [-0.4, -0.2) is 37.2 Å². The van der Waals surface area contributed by atoms with Crippen LogP contribution in [-0.2, 0) is 4.79 Å². The Labute approximate surface area is 194 Å². The fourth-order valence-electron chi connectivity index (χ4n) is 2.57. The van der Waals surface area contributed by atoms with Crippen LogP contribution in [0.2, 0.25) is 0 Å². The highest BCUT2D eigenvalue weighted by Gasteiger charge is 2.34. The molecule has 32 heavy (non-hydrogen) atoms. The van der Waals surface area contributed by atoms with Crippen LogP contribution in [0.15, 0.2) is 36.5 Å². The highest BCUT2D eigenvalue weighted by molar-refractivity contribution is 6.68. The first-order chi connectivity index (χ1) is 14.9. The third kappa shape index (κ3) is 6.44. The summed E-state index contributed by atoms with van der Waals surface area (Å²) in [5, 5.41) is 8.89. The molecule has 1 aromatic carbocycles. The van der Waals surface area contributed by atoms with E-state index in [1.54, 1.807) is 19.2 Å². The lowest BCUT2D eigenvalue weighted by molar-refractivity contribution is -0.274. The van der Waals surface area contributed by atoms with Crippen LogP contribution in [0.3, 0.4) is 0 Å². The van der Waals surface area contributed by atoms with E-state index in [1.165, 1.54) is 12.1 Å². The summed E-state index contributed by atoms with van der Waals surface area (Å²) in [6, 6.07) is 6.79. The van der Waals surface area contributed by atoms with Crippen molar-refractivity contribution in [1.82, 2.24) is 20.3 Å². The maximum absolute atomic E-state index is 12.3. The number of aromatic nitrogens is 3. The number of alkyl halides is 6. The molecule has 0 spiro atoms. The zero-order valence-electron chi connectivity index (χ0n) is 16.2. The topological polar surface area (TPSA) is 104 Å². The van der Waals surface area contributed by atoms with E-state index in [1.807, 2.05) is 0 Å². The SMILES string of the molecule is CCC(=O)NC(Nc1nc(Nc2ccc(OC(F)(F)F)cc2)c2cc[nH]c2n1)C(Cl)(Cl)Cl. The second-order valence-corrected chi connectivity index (χ2v) is 8.74. The third-order valence-corrected chi connectivity index (χ3v) is 4.65. The van der Waals surface area contributed by atoms with Crippen LogP contribution in [0.4, 0.5) is 30.6 Å². The monoisotopic (exact) mass is 510 g/mol. The van der Waals surface area contributed by atoms with Crippen molar-refractivity contribution in [2.24, 2.45) is 0 Å². The van der Waals surface area contributed by atoms with Crippen molar-refractivity contribution >= 4 is 69.2 Å². The molecule has 0 saturated carbocycles. The smallest absolute Gasteiger partial charge is 0.406 e. The molecular weight excluding hydrogens is 496 g/mol. The number of hydrogen-bond donors (Lipinski definition) is 4. The molecular formula is C18H16Cl3F3N6O2. The molecule has 8 nitrogen and oxygen atoms in total. The van der Waals surface area contributed by atoms with Crippen molar-refractivity contribution in [3.63, 3.8) is 0 Å². The van der Waals surface area contributed by atoms with Crippen molar-refractivity contribution in [1.29, 1.82) is 0 Å². The highest BCUT2D eigenvalue weighted by Crippen LogP contribution is 2.32. The number of nitrogens with zero attached hydrogens (tertiary/aromatic N) is 2. The number of carbonyl (C=O) groups excluding carboxylic acids is 1. The van der Waals surface area contributed by atoms with Crippen molar-refractivity contribution in [2.45, 2.75) is 29.7 Å². The molecule has 3 rings (SSSR count). The van der Waals surface area contributed by atoms with E-state index in [0.29, 0.717) is 22.5 Å². The van der Waals surface area contributed by atoms with Gasteiger partial charge >= 0.3 is 6.36 Å². The minimum atomic E-state index is -4.79. The molecule has 0 aliphatic carbocycles. The van der Waals surface area contributed by atoms with Crippen LogP contribution in [0.1, 0.15) is 13.3 Å². The second-order valence-electron chi connectivity index (χ2n) is 6.37. The van der Waals surface area contributed by atoms with Crippen LogP contribution >= 0.6 is 34.8 Å². The van der Waals surface area contributed by atoms with Gasteiger partial charge in [-0.25, -0.2) is 0 Å². The molecule has 0 bridgehead atoms. The zero-order chi connectivity index (χ0) is 23.5. The quantitative estimate of drug-likeness (QED) is 0.256. The Kier molecular flexibility index (Phi) is 7.11. The normalized spacial score (nSPS) is 13.0. The van der Waals surface area contributed by atoms with E-state index in [0.717, 1.165) is 12.1 Å². The van der Waals surface area contributed by atoms with E-state index in [4.69, 9.17) is 34.8 Å². The molecule has 0 aliphatic heterocycles. The van der Waals surface area contributed by atoms with Crippen LogP contribution in [0.25, 0.3) is 11.0 Å². The molecule has 0 aliphatic rings. The summed E-state index contributed by atoms with van der Waals surface area (Å²) in [5.41, 5.74) is 0.857. The van der Waals surface area contributed by atoms with Gasteiger partial charge in [0.05, 0.1) is 5.39 Å². The summed E-state index contributed by atoms with van der Waals surface area (Å²) in [7, 11) is 0. The van der Waals surface area contributed by atoms with Crippen molar-refractivity contribution in [2.75, 3.05) is 10.6 Å². The number of H-pyrrole nitrogens is 1. The number of hydrogen-bond acceptors (Lipinski definition) is 6. The third-order valence-electron chi connectivity index (χ3n) is 3.99. The Balaban J connectivity index is 1.86. The molecule has 4 N–H and O–H groups in total. The predicted molar refractivity (Wildman–Crippen MR) is 116 cm³/mol. The minimum Gasteiger partial charge on any atom is -0.406 e. The van der Waals surface area contributed by atoms with E-state index < -0.39 is 16.3 Å². The molecule has 3 aromatic rings. The maximum atomic E-state index is 12.3. The van der Waals surface area contributed by atoms with Gasteiger partial charge in [0, 0.05) is 18.3 Å². The Morgan fingerprint density at radius 2 is 1.84 bits per heavy atom. The van der Waals surface area contributed by atoms with Gasteiger partial charge in [-0.1, -0.05) is 41.7 Å². The Bertz CT molecular complexity index is 1090. The number of benzene rings is 1. The van der Waals surface area contributed by atoms with Gasteiger partial charge in [-0.3, -0.25) is 4.79 Å². The Morgan fingerprint density at radius 1 is 1.16 bits per heavy atom. The van der Waals surface area contributed by atoms with Crippen LogP contribution in [0, 0.1) is 0 Å². The number of halogens is 6. The summed E-state index contributed by atoms with van der Waals surface area (Å²) < 4.78 is 39.0. The second kappa shape index (κ2) is 9.47. The number of nitrogens with one attached hydrogen (secondary N) is 4. The first-order valence-corrected chi connectivity index (χ1v) is 10.2. The molecule has 172 valence electrons. The van der Waals surface area contributed by atoms with Gasteiger partial charge in [0.2, 0.25) is 15.6 Å². The molecule has 0 radical (unpaired) electrons. The van der Waals surface area contributed by atoms with Gasteiger partial charge in [0.15, 0.2) is 0 Å². The largest absolute Gasteiger partial charge is 0.573 e. The molecule has 2 heterocycles. The summed E-state index contributed by atoms with van der Waals surface area (Å²) in [6.45, 7) is 1.64. The highest BCUT2D eigenvalue weighted by atomic mass is 35.6. The van der Waals surface area contributed by atoms with Crippen LogP contribution < -0.4 is 20.7 Å². The number of anilines is 3. The van der Waals surface area contributed by atoms with Gasteiger partial charge in [-0.05, 0) is 30.3 Å². The molecule has 1 amide bonds. The van der Waals surface area contributed by atoms with Crippen LogP contribution in [0.5, 0.6) is 5.75 Å². The molecule has 2 aromatic heterocycles. The number of ether oxygens (including phenoxy) is 1. The zero-order valence-corrected chi connectivity index (χ0v) is 18.5. The number of rotatable bonds is 7. The van der Waals surface area contributed by atoms with Crippen molar-refractivity contribution in [3.05, 3.63) is 36.5 Å². The van der Waals surface area contributed by atoms with Gasteiger partial charge in [0.25, 0.3) is 0 Å². The van der Waals surface area contributed by atoms with E-state index in [2.05, 4.69) is 35.6 Å². The van der Waals surface area contributed by atoms with Crippen molar-refractivity contribution < 1.29 is 22.7 Å². The average molecular weight is 512 g/mol. The fourth-order valence-corrected chi connectivity index (χ4v) is 2.90. The average Bonchev–Trinajstić information content (AvgIpc) is 3.16. The predicted octanol–water partition coefficient (Wildman–Crippen LogP) is 5.23. The Morgan fingerprint density at radius 3 is 2.44 bits per heavy atom. The standard InChI is InChI=1S/C18H16Cl3F3N6O2/c1-2-12(31)27-15(17(19,20)21)30-16-28-13-11(7-8-25-13)14(29-16)26-9-3-5-10(6-4-9)32-18(22,23)24/h3-8,15H,2H2,1H3,(H,27,31)(H3,25,26,28,29,30). The van der Waals surface area contributed by atoms with Gasteiger partial charge in [0.1, 0.15) is 23.4 Å². The minimum absolute atomic E-state index is 0.0206. The van der Waals surface area contributed by atoms with Gasteiger partial charge in [-0.2, -0.15) is 9.97 Å². The lowest BCUT2D eigenvalue weighted by Crippen LogP contribution is -2.49. The first-order valence-electron chi connectivity index (χ1n) is 9.05. The number of amides is 1. The summed E-state index contributed by atoms with van der Waals surface area (Å²) in [4.78, 5) is 23.3. The Hall–Kier alpha value is -2.63. The lowest BCUT2D eigenvalue weighted by atomic mass is 10.3. The summed E-state index contributed by atoms with van der Waals surface area (Å²) in [6.07, 6.45) is -4.14. The number of aromatic amines is 1. The van der Waals surface area contributed by atoms with Crippen molar-refractivity contribution in [3.8, 4) is 5.75 Å². The molecule has 1 unspecified atom stereocenters. The number of fused-ring (bicyclic) bond motifs is 1. The molecule has 14 heteroatoms. The van der Waals surface area contributed by atoms with E-state index in [-0.39, 0.29) is 24.0 Å². The van der Waals surface area contributed by atoms with E-state index in [9.17, 15) is 18.0 Å². The maximum Gasteiger partial charge on any atom is 0.573 e.